The molecule has 15 heavy (non-hydrogen) atoms. The highest BCUT2D eigenvalue weighted by Gasteiger charge is 2.22. The summed E-state index contributed by atoms with van der Waals surface area (Å²) in [6, 6.07) is 3.65. The summed E-state index contributed by atoms with van der Waals surface area (Å²) < 4.78 is 16.2. The lowest BCUT2D eigenvalue weighted by atomic mass is 9.92. The van der Waals surface area contributed by atoms with Crippen molar-refractivity contribution in [3.05, 3.63) is 24.0 Å². The predicted octanol–water partition coefficient (Wildman–Crippen LogP) is 2.47. The molecule has 1 aromatic heterocycles. The van der Waals surface area contributed by atoms with Crippen LogP contribution in [-0.4, -0.2) is 22.5 Å². The number of hydrogen-bond acceptors (Lipinski definition) is 3. The molecule has 1 unspecified atom stereocenters. The van der Waals surface area contributed by atoms with Crippen LogP contribution in [0.1, 0.15) is 26.5 Å². The fourth-order valence-electron chi connectivity index (χ4n) is 1.36. The molecule has 1 heterocycles. The van der Waals surface area contributed by atoms with Crippen LogP contribution in [0, 0.1) is 0 Å². The molecule has 0 aliphatic rings. The molecule has 0 aromatic carbocycles. The van der Waals surface area contributed by atoms with E-state index in [1.807, 2.05) is 6.07 Å². The number of hydrogen-bond donors (Lipinski definition) is 0. The lowest BCUT2D eigenvalue weighted by Gasteiger charge is -2.21. The van der Waals surface area contributed by atoms with Crippen LogP contribution >= 0.6 is 0 Å². The van der Waals surface area contributed by atoms with Crippen molar-refractivity contribution >= 4 is 9.73 Å². The highest BCUT2D eigenvalue weighted by Crippen LogP contribution is 2.27. The van der Waals surface area contributed by atoms with Crippen molar-refractivity contribution in [3.63, 3.8) is 0 Å². The van der Waals surface area contributed by atoms with Crippen molar-refractivity contribution in [2.45, 2.75) is 31.1 Å². The van der Waals surface area contributed by atoms with Gasteiger partial charge in [0.1, 0.15) is 0 Å². The molecule has 84 valence electrons. The van der Waals surface area contributed by atoms with Crippen LogP contribution in [-0.2, 0) is 15.1 Å². The van der Waals surface area contributed by atoms with Gasteiger partial charge in [-0.25, -0.2) is 8.57 Å². The Kier molecular flexibility index (Phi) is 3.19. The third kappa shape index (κ3) is 2.56. The van der Waals surface area contributed by atoms with E-state index in [0.717, 1.165) is 10.6 Å². The fourth-order valence-corrected chi connectivity index (χ4v) is 2.60. The molecule has 0 fully saturated rings. The molecular weight excluding hydrogens is 208 g/mol. The minimum Gasteiger partial charge on any atom is -0.259 e. The van der Waals surface area contributed by atoms with Gasteiger partial charge in [-0.2, -0.15) is 0 Å². The summed E-state index contributed by atoms with van der Waals surface area (Å²) in [4.78, 5) is 5.08. The molecule has 0 N–H and O–H groups in total. The number of aromatic nitrogens is 1. The zero-order valence-corrected chi connectivity index (χ0v) is 10.8. The summed E-state index contributed by atoms with van der Waals surface area (Å²) in [5, 5.41) is 0. The average molecular weight is 226 g/mol. The largest absolute Gasteiger partial charge is 0.259 e. The highest BCUT2D eigenvalue weighted by atomic mass is 32.2. The average Bonchev–Trinajstić information content (AvgIpc) is 2.16. The van der Waals surface area contributed by atoms with Crippen LogP contribution in [0.5, 0.6) is 0 Å². The molecule has 0 spiro atoms. The topological polar surface area (TPSA) is 42.3 Å². The van der Waals surface area contributed by atoms with Gasteiger partial charge in [0.05, 0.1) is 20.3 Å². The Hall–Kier alpha value is -0.900. The Bertz CT molecular complexity index is 466. The smallest absolute Gasteiger partial charge is 0.0738 e. The molecule has 3 nitrogen and oxygen atoms in total. The lowest BCUT2D eigenvalue weighted by Crippen LogP contribution is -2.18. The first-order valence-electron chi connectivity index (χ1n) is 4.85. The van der Waals surface area contributed by atoms with Crippen LogP contribution in [0.4, 0.5) is 0 Å². The SMILES string of the molecule is CN=S(C)(=O)c1cccnc1C(C)(C)C. The first kappa shape index (κ1) is 12.2. The van der Waals surface area contributed by atoms with Crippen LogP contribution < -0.4 is 0 Å². The third-order valence-electron chi connectivity index (χ3n) is 2.24. The van der Waals surface area contributed by atoms with Crippen LogP contribution in [0.15, 0.2) is 27.6 Å². The maximum absolute atomic E-state index is 12.2. The molecule has 0 bridgehead atoms. The Morgan fingerprint density at radius 2 is 2.00 bits per heavy atom. The molecule has 0 aliphatic carbocycles. The molecule has 0 radical (unpaired) electrons. The third-order valence-corrected chi connectivity index (χ3v) is 4.08. The maximum Gasteiger partial charge on any atom is 0.0738 e. The first-order chi connectivity index (χ1) is 6.79. The van der Waals surface area contributed by atoms with E-state index in [1.165, 1.54) is 0 Å². The normalized spacial score (nSPS) is 15.8. The van der Waals surface area contributed by atoms with Crippen molar-refractivity contribution < 1.29 is 4.21 Å². The molecule has 1 aromatic rings. The number of rotatable bonds is 1. The van der Waals surface area contributed by atoms with Gasteiger partial charge < -0.3 is 0 Å². The molecule has 1 rings (SSSR count). The second-order valence-corrected chi connectivity index (χ2v) is 7.00. The summed E-state index contributed by atoms with van der Waals surface area (Å²) in [5.74, 6) is 0. The molecule has 0 aliphatic heterocycles. The van der Waals surface area contributed by atoms with Crippen LogP contribution in [0.2, 0.25) is 0 Å². The zero-order valence-electron chi connectivity index (χ0n) is 9.94. The van der Waals surface area contributed by atoms with Crippen LogP contribution in [0.3, 0.4) is 0 Å². The maximum atomic E-state index is 12.2. The lowest BCUT2D eigenvalue weighted by molar-refractivity contribution is 0.552. The summed E-state index contributed by atoms with van der Waals surface area (Å²) in [6.45, 7) is 6.18. The van der Waals surface area contributed by atoms with Gasteiger partial charge in [-0.1, -0.05) is 20.8 Å². The Balaban J connectivity index is 3.52. The van der Waals surface area contributed by atoms with Gasteiger partial charge in [-0.15, -0.1) is 0 Å². The van der Waals surface area contributed by atoms with Crippen LogP contribution in [0.25, 0.3) is 0 Å². The monoisotopic (exact) mass is 226 g/mol. The van der Waals surface area contributed by atoms with Gasteiger partial charge in [0.15, 0.2) is 0 Å². The van der Waals surface area contributed by atoms with Crippen molar-refractivity contribution in [2.24, 2.45) is 4.36 Å². The molecule has 0 amide bonds. The van der Waals surface area contributed by atoms with E-state index in [-0.39, 0.29) is 5.41 Å². The van der Waals surface area contributed by atoms with Crippen molar-refractivity contribution in [1.29, 1.82) is 0 Å². The van der Waals surface area contributed by atoms with E-state index < -0.39 is 9.73 Å². The highest BCUT2D eigenvalue weighted by molar-refractivity contribution is 7.93. The summed E-state index contributed by atoms with van der Waals surface area (Å²) in [6.07, 6.45) is 3.38. The minimum atomic E-state index is -2.30. The predicted molar refractivity (Wildman–Crippen MR) is 63.6 cm³/mol. The van der Waals surface area contributed by atoms with E-state index in [9.17, 15) is 4.21 Å². The van der Waals surface area contributed by atoms with Gasteiger partial charge in [0.25, 0.3) is 0 Å². The summed E-state index contributed by atoms with van der Waals surface area (Å²) in [7, 11) is -0.714. The molecule has 0 saturated heterocycles. The van der Waals surface area contributed by atoms with E-state index in [2.05, 4.69) is 30.1 Å². The number of nitrogens with zero attached hydrogens (tertiary/aromatic N) is 2. The summed E-state index contributed by atoms with van der Waals surface area (Å²) >= 11 is 0. The van der Waals surface area contributed by atoms with Crippen molar-refractivity contribution in [3.8, 4) is 0 Å². The zero-order chi connectivity index (χ0) is 11.7. The summed E-state index contributed by atoms with van der Waals surface area (Å²) in [5.41, 5.74) is 0.753. The fraction of sp³-hybridized carbons (Fsp3) is 0.545. The van der Waals surface area contributed by atoms with Gasteiger partial charge in [-0.05, 0) is 12.1 Å². The van der Waals surface area contributed by atoms with Crippen molar-refractivity contribution in [2.75, 3.05) is 13.3 Å². The molecular formula is C11H18N2OS. The quantitative estimate of drug-likeness (QED) is 0.738. The van der Waals surface area contributed by atoms with Gasteiger partial charge in [0.2, 0.25) is 0 Å². The number of pyridine rings is 1. The van der Waals surface area contributed by atoms with Gasteiger partial charge in [0, 0.05) is 24.9 Å². The standard InChI is InChI=1S/C11H18N2OS/c1-11(2,3)10-9(7-6-8-13-10)15(5,14)12-4/h6-8H,1-5H3. The molecule has 4 heteroatoms. The Labute approximate surface area is 92.1 Å². The van der Waals surface area contributed by atoms with Crippen molar-refractivity contribution in [1.82, 2.24) is 4.98 Å². The van der Waals surface area contributed by atoms with E-state index >= 15 is 0 Å². The minimum absolute atomic E-state index is 0.111. The second kappa shape index (κ2) is 3.93. The Morgan fingerprint density at radius 1 is 1.40 bits per heavy atom. The second-order valence-electron chi connectivity index (χ2n) is 4.59. The first-order valence-corrected chi connectivity index (χ1v) is 6.77. The molecule has 0 saturated carbocycles. The Morgan fingerprint density at radius 3 is 2.47 bits per heavy atom. The molecule has 1 atom stereocenters. The van der Waals surface area contributed by atoms with E-state index in [0.29, 0.717) is 0 Å². The van der Waals surface area contributed by atoms with Gasteiger partial charge in [-0.3, -0.25) is 4.98 Å². The van der Waals surface area contributed by atoms with Gasteiger partial charge >= 0.3 is 0 Å². The van der Waals surface area contributed by atoms with E-state index in [4.69, 9.17) is 0 Å². The van der Waals surface area contributed by atoms with E-state index in [1.54, 1.807) is 25.6 Å².